The highest BCUT2D eigenvalue weighted by Crippen LogP contribution is 2.31. The Kier molecular flexibility index (Phi) is 4.79. The van der Waals surface area contributed by atoms with Crippen LogP contribution in [0.5, 0.6) is 0 Å². The fourth-order valence-corrected chi connectivity index (χ4v) is 1.72. The first-order valence-electron chi connectivity index (χ1n) is 5.91. The summed E-state index contributed by atoms with van der Waals surface area (Å²) in [5, 5.41) is 0. The second kappa shape index (κ2) is 5.64. The van der Waals surface area contributed by atoms with Gasteiger partial charge in [0.2, 0.25) is 0 Å². The van der Waals surface area contributed by atoms with Crippen molar-refractivity contribution in [1.82, 2.24) is 0 Å². The summed E-state index contributed by atoms with van der Waals surface area (Å²) in [6.45, 7) is 5.50. The van der Waals surface area contributed by atoms with E-state index >= 15 is 0 Å². The zero-order valence-corrected chi connectivity index (χ0v) is 9.27. The first-order valence-corrected chi connectivity index (χ1v) is 5.91. The minimum absolute atomic E-state index is 0.295. The predicted octanol–water partition coefficient (Wildman–Crippen LogP) is 3.92. The van der Waals surface area contributed by atoms with Crippen LogP contribution in [-0.2, 0) is 4.74 Å². The topological polar surface area (TPSA) is 12.5 Å². The van der Waals surface area contributed by atoms with Crippen LogP contribution < -0.4 is 0 Å². The van der Waals surface area contributed by atoms with Crippen LogP contribution in [0.2, 0.25) is 0 Å². The van der Waals surface area contributed by atoms with E-state index in [1.165, 1.54) is 51.4 Å². The van der Waals surface area contributed by atoms with Crippen LogP contribution in [0.4, 0.5) is 0 Å². The maximum atomic E-state index is 5.34. The van der Waals surface area contributed by atoms with Crippen molar-refractivity contribution >= 4 is 0 Å². The molecule has 1 saturated heterocycles. The molecule has 0 aromatic carbocycles. The lowest BCUT2D eigenvalue weighted by Crippen LogP contribution is -2.02. The van der Waals surface area contributed by atoms with Gasteiger partial charge in [0, 0.05) is 0 Å². The van der Waals surface area contributed by atoms with E-state index < -0.39 is 0 Å². The van der Waals surface area contributed by atoms with Crippen LogP contribution in [-0.4, -0.2) is 12.2 Å². The first-order chi connectivity index (χ1) is 6.27. The zero-order valence-electron chi connectivity index (χ0n) is 9.27. The fourth-order valence-electron chi connectivity index (χ4n) is 1.72. The molecule has 0 bridgehead atoms. The molecule has 1 heterocycles. The number of ether oxygens (including phenoxy) is 1. The van der Waals surface area contributed by atoms with Gasteiger partial charge in [-0.3, -0.25) is 0 Å². The van der Waals surface area contributed by atoms with E-state index in [-0.39, 0.29) is 0 Å². The number of unbranched alkanes of at least 4 members (excludes halogenated alkanes) is 6. The van der Waals surface area contributed by atoms with Crippen molar-refractivity contribution in [2.24, 2.45) is 0 Å². The lowest BCUT2D eigenvalue weighted by atomic mass is 10.0. The van der Waals surface area contributed by atoms with Gasteiger partial charge in [-0.2, -0.15) is 0 Å². The molecule has 78 valence electrons. The van der Waals surface area contributed by atoms with Gasteiger partial charge in [-0.25, -0.2) is 0 Å². The van der Waals surface area contributed by atoms with E-state index in [9.17, 15) is 0 Å². The molecule has 0 amide bonds. The summed E-state index contributed by atoms with van der Waals surface area (Å²) in [6, 6.07) is 0. The van der Waals surface area contributed by atoms with E-state index in [0.29, 0.717) is 5.60 Å². The summed E-state index contributed by atoms with van der Waals surface area (Å²) >= 11 is 0. The second-order valence-electron chi connectivity index (χ2n) is 4.61. The van der Waals surface area contributed by atoms with Gasteiger partial charge in [0.05, 0.1) is 12.2 Å². The van der Waals surface area contributed by atoms with Crippen LogP contribution in [0.1, 0.15) is 65.2 Å². The van der Waals surface area contributed by atoms with Crippen molar-refractivity contribution in [2.45, 2.75) is 70.8 Å². The smallest absolute Gasteiger partial charge is 0.0888 e. The van der Waals surface area contributed by atoms with Gasteiger partial charge in [0.1, 0.15) is 0 Å². The molecule has 1 rings (SSSR count). The highest BCUT2D eigenvalue weighted by atomic mass is 16.6. The molecule has 1 heteroatoms. The quantitative estimate of drug-likeness (QED) is 0.411. The number of rotatable bonds is 8. The Bertz CT molecular complexity index is 127. The molecule has 0 unspecified atom stereocenters. The number of hydrogen-bond donors (Lipinski definition) is 0. The Morgan fingerprint density at radius 1 is 1.00 bits per heavy atom. The van der Waals surface area contributed by atoms with Gasteiger partial charge in [-0.1, -0.05) is 51.9 Å². The Morgan fingerprint density at radius 3 is 2.08 bits per heavy atom. The molecule has 1 atom stereocenters. The number of hydrogen-bond acceptors (Lipinski definition) is 1. The fraction of sp³-hybridized carbons (Fsp3) is 1.00. The number of epoxide rings is 1. The van der Waals surface area contributed by atoms with Gasteiger partial charge in [0.15, 0.2) is 0 Å². The van der Waals surface area contributed by atoms with Crippen LogP contribution in [0.15, 0.2) is 0 Å². The molecule has 1 fully saturated rings. The maximum Gasteiger partial charge on any atom is 0.0888 e. The largest absolute Gasteiger partial charge is 0.370 e. The van der Waals surface area contributed by atoms with Gasteiger partial charge in [-0.05, 0) is 13.3 Å². The lowest BCUT2D eigenvalue weighted by molar-refractivity contribution is 0.301. The summed E-state index contributed by atoms with van der Waals surface area (Å²) in [5.41, 5.74) is 0.295. The monoisotopic (exact) mass is 184 g/mol. The van der Waals surface area contributed by atoms with E-state index in [4.69, 9.17) is 4.74 Å². The van der Waals surface area contributed by atoms with E-state index in [2.05, 4.69) is 13.8 Å². The standard InChI is InChI=1S/C12H24O/c1-3-4-5-6-7-8-9-10-12(2)11-13-12/h3-11H2,1-2H3/t12-/m1/s1. The van der Waals surface area contributed by atoms with Gasteiger partial charge in [0.25, 0.3) is 0 Å². The molecule has 0 spiro atoms. The highest BCUT2D eigenvalue weighted by Gasteiger charge is 2.37. The Balaban J connectivity index is 1.74. The van der Waals surface area contributed by atoms with Crippen molar-refractivity contribution in [3.63, 3.8) is 0 Å². The first kappa shape index (κ1) is 11.0. The van der Waals surface area contributed by atoms with Crippen molar-refractivity contribution < 1.29 is 4.74 Å². The summed E-state index contributed by atoms with van der Waals surface area (Å²) in [7, 11) is 0. The van der Waals surface area contributed by atoms with Gasteiger partial charge < -0.3 is 4.74 Å². The molecule has 1 nitrogen and oxygen atoms in total. The van der Waals surface area contributed by atoms with Crippen molar-refractivity contribution in [3.05, 3.63) is 0 Å². The van der Waals surface area contributed by atoms with Crippen molar-refractivity contribution in [2.75, 3.05) is 6.61 Å². The zero-order chi connectivity index (χ0) is 9.57. The van der Waals surface area contributed by atoms with Gasteiger partial charge >= 0.3 is 0 Å². The molecule has 1 aliphatic heterocycles. The average Bonchev–Trinajstić information content (AvgIpc) is 2.83. The SMILES string of the molecule is CCCCCCCCC[C@]1(C)CO1. The third-order valence-electron chi connectivity index (χ3n) is 2.95. The maximum absolute atomic E-state index is 5.34. The highest BCUT2D eigenvalue weighted by molar-refractivity contribution is 4.86. The third kappa shape index (κ3) is 5.30. The van der Waals surface area contributed by atoms with Crippen molar-refractivity contribution in [1.29, 1.82) is 0 Å². The molecule has 0 saturated carbocycles. The van der Waals surface area contributed by atoms with Crippen molar-refractivity contribution in [3.8, 4) is 0 Å². The minimum atomic E-state index is 0.295. The average molecular weight is 184 g/mol. The Labute approximate surface area is 82.9 Å². The van der Waals surface area contributed by atoms with Gasteiger partial charge in [-0.15, -0.1) is 0 Å². The summed E-state index contributed by atoms with van der Waals surface area (Å²) < 4.78 is 5.34. The Hall–Kier alpha value is -0.0400. The minimum Gasteiger partial charge on any atom is -0.370 e. The van der Waals surface area contributed by atoms with Crippen LogP contribution in [0, 0.1) is 0 Å². The van der Waals surface area contributed by atoms with E-state index in [1.54, 1.807) is 0 Å². The van der Waals surface area contributed by atoms with E-state index in [1.807, 2.05) is 0 Å². The molecule has 0 N–H and O–H groups in total. The molecule has 1 aliphatic rings. The summed E-state index contributed by atoms with van der Waals surface area (Å²) in [5.74, 6) is 0. The summed E-state index contributed by atoms with van der Waals surface area (Å²) in [4.78, 5) is 0. The normalized spacial score (nSPS) is 26.3. The molecular formula is C12H24O. The molecule has 0 aromatic heterocycles. The van der Waals surface area contributed by atoms with E-state index in [0.717, 1.165) is 6.61 Å². The lowest BCUT2D eigenvalue weighted by Gasteiger charge is -2.04. The van der Waals surface area contributed by atoms with Crippen LogP contribution in [0.3, 0.4) is 0 Å². The molecular weight excluding hydrogens is 160 g/mol. The Morgan fingerprint density at radius 2 is 1.54 bits per heavy atom. The van der Waals surface area contributed by atoms with Crippen LogP contribution in [0.25, 0.3) is 0 Å². The third-order valence-corrected chi connectivity index (χ3v) is 2.95. The predicted molar refractivity (Wildman–Crippen MR) is 57.0 cm³/mol. The molecule has 0 aromatic rings. The molecule has 0 aliphatic carbocycles. The second-order valence-corrected chi connectivity index (χ2v) is 4.61. The summed E-state index contributed by atoms with van der Waals surface area (Å²) in [6.07, 6.45) is 11.1. The van der Waals surface area contributed by atoms with Crippen LogP contribution >= 0.6 is 0 Å². The molecule has 13 heavy (non-hydrogen) atoms. The molecule has 0 radical (unpaired) electrons.